The van der Waals surface area contributed by atoms with Crippen LogP contribution >= 0.6 is 0 Å². The van der Waals surface area contributed by atoms with Crippen molar-refractivity contribution in [2.24, 2.45) is 14.1 Å². The van der Waals surface area contributed by atoms with Gasteiger partial charge in [0.05, 0.1) is 12.9 Å². The highest BCUT2D eigenvalue weighted by Crippen LogP contribution is 2.23. The van der Waals surface area contributed by atoms with E-state index in [4.69, 9.17) is 0 Å². The molecule has 0 aliphatic carbocycles. The van der Waals surface area contributed by atoms with Crippen LogP contribution in [0.2, 0.25) is 0 Å². The number of carbonyl (C=O) groups excluding carboxylic acids is 1. The lowest BCUT2D eigenvalue weighted by Crippen LogP contribution is -2.40. The molecule has 0 atom stereocenters. The van der Waals surface area contributed by atoms with Gasteiger partial charge in [-0.25, -0.2) is 9.78 Å². The number of rotatable bonds is 8. The molecule has 0 fully saturated rings. The zero-order valence-electron chi connectivity index (χ0n) is 18.2. The quantitative estimate of drug-likeness (QED) is 0.535. The standard InChI is InChI=1S/C20H23F3N6O4/c1-26(11-15(30)25-13-5-7-14(8-6-13)33-20(21,22)23)9-4-10-29-18(31)16-17(24-12-27(16)2)28(3)19(29)32/h5-8,12H,4,9-11H2,1-3H3,(H,25,30). The number of aryl methyl sites for hydroxylation is 2. The van der Waals surface area contributed by atoms with Gasteiger partial charge in [0.1, 0.15) is 5.75 Å². The number of ether oxygens (including phenoxy) is 1. The minimum atomic E-state index is -4.79. The molecule has 0 unspecified atom stereocenters. The van der Waals surface area contributed by atoms with Crippen LogP contribution < -0.4 is 21.3 Å². The zero-order chi connectivity index (χ0) is 24.3. The van der Waals surface area contributed by atoms with Crippen molar-refractivity contribution >= 4 is 22.8 Å². The van der Waals surface area contributed by atoms with Crippen molar-refractivity contribution in [2.45, 2.75) is 19.3 Å². The Morgan fingerprint density at radius 1 is 1.18 bits per heavy atom. The first-order valence-electron chi connectivity index (χ1n) is 9.91. The Hall–Kier alpha value is -3.61. The van der Waals surface area contributed by atoms with Crippen molar-refractivity contribution in [3.8, 4) is 5.75 Å². The summed E-state index contributed by atoms with van der Waals surface area (Å²) in [6.07, 6.45) is -2.88. The molecular weight excluding hydrogens is 445 g/mol. The van der Waals surface area contributed by atoms with Crippen LogP contribution in [0, 0.1) is 0 Å². The third kappa shape index (κ3) is 5.80. The second kappa shape index (κ2) is 9.48. The highest BCUT2D eigenvalue weighted by molar-refractivity contribution is 5.92. The van der Waals surface area contributed by atoms with Crippen molar-refractivity contribution in [2.75, 3.05) is 25.5 Å². The molecule has 1 N–H and O–H groups in total. The first-order valence-corrected chi connectivity index (χ1v) is 9.91. The number of carbonyl (C=O) groups is 1. The number of amides is 1. The van der Waals surface area contributed by atoms with Crippen LogP contribution in [0.3, 0.4) is 0 Å². The van der Waals surface area contributed by atoms with E-state index >= 15 is 0 Å². The Bertz CT molecular complexity index is 1260. The SMILES string of the molecule is CN(CCCn1c(=O)c2c(ncn2C)n(C)c1=O)CC(=O)Nc1ccc(OC(F)(F)F)cc1. The predicted molar refractivity (Wildman–Crippen MR) is 114 cm³/mol. The van der Waals surface area contributed by atoms with Crippen molar-refractivity contribution in [3.63, 3.8) is 0 Å². The van der Waals surface area contributed by atoms with Crippen molar-refractivity contribution in [1.82, 2.24) is 23.6 Å². The molecule has 0 radical (unpaired) electrons. The Morgan fingerprint density at radius 3 is 2.48 bits per heavy atom. The molecule has 3 aromatic rings. The molecule has 33 heavy (non-hydrogen) atoms. The number of likely N-dealkylation sites (N-methyl/N-ethyl adjacent to an activating group) is 1. The summed E-state index contributed by atoms with van der Waals surface area (Å²) in [7, 11) is 4.92. The van der Waals surface area contributed by atoms with Gasteiger partial charge in [-0.1, -0.05) is 0 Å². The lowest BCUT2D eigenvalue weighted by Gasteiger charge is -2.17. The number of anilines is 1. The lowest BCUT2D eigenvalue weighted by molar-refractivity contribution is -0.274. The zero-order valence-corrected chi connectivity index (χ0v) is 18.2. The van der Waals surface area contributed by atoms with Gasteiger partial charge in [-0.15, -0.1) is 13.2 Å². The molecule has 10 nitrogen and oxygen atoms in total. The van der Waals surface area contributed by atoms with Gasteiger partial charge in [0.25, 0.3) is 5.56 Å². The van der Waals surface area contributed by atoms with Crippen molar-refractivity contribution in [1.29, 1.82) is 0 Å². The summed E-state index contributed by atoms with van der Waals surface area (Å²) in [5.74, 6) is -0.755. The number of nitrogens with one attached hydrogen (secondary N) is 1. The minimum Gasteiger partial charge on any atom is -0.406 e. The second-order valence-electron chi connectivity index (χ2n) is 7.54. The Balaban J connectivity index is 1.53. The smallest absolute Gasteiger partial charge is 0.406 e. The van der Waals surface area contributed by atoms with E-state index < -0.39 is 17.6 Å². The van der Waals surface area contributed by atoms with Gasteiger partial charge >= 0.3 is 12.1 Å². The number of imidazole rings is 1. The fourth-order valence-corrected chi connectivity index (χ4v) is 3.36. The Morgan fingerprint density at radius 2 is 1.85 bits per heavy atom. The van der Waals surface area contributed by atoms with Gasteiger partial charge in [-0.2, -0.15) is 0 Å². The van der Waals surface area contributed by atoms with Crippen LogP contribution in [0.25, 0.3) is 11.2 Å². The Labute approximate surface area is 185 Å². The molecule has 13 heteroatoms. The normalized spacial score (nSPS) is 11.8. The van der Waals surface area contributed by atoms with Crippen LogP contribution in [0.5, 0.6) is 5.75 Å². The third-order valence-corrected chi connectivity index (χ3v) is 4.91. The summed E-state index contributed by atoms with van der Waals surface area (Å²) in [4.78, 5) is 43.2. The molecule has 178 valence electrons. The lowest BCUT2D eigenvalue weighted by atomic mass is 10.3. The monoisotopic (exact) mass is 468 g/mol. The van der Waals surface area contributed by atoms with Gasteiger partial charge in [0.2, 0.25) is 5.91 Å². The molecule has 0 aliphatic heterocycles. The number of benzene rings is 1. The maximum atomic E-state index is 12.7. The summed E-state index contributed by atoms with van der Waals surface area (Å²) < 4.78 is 44.4. The molecule has 2 heterocycles. The molecular formula is C20H23F3N6O4. The van der Waals surface area contributed by atoms with E-state index in [2.05, 4.69) is 15.0 Å². The van der Waals surface area contributed by atoms with E-state index in [-0.39, 0.29) is 24.7 Å². The number of alkyl halides is 3. The van der Waals surface area contributed by atoms with E-state index in [1.807, 2.05) is 0 Å². The number of hydrogen-bond donors (Lipinski definition) is 1. The minimum absolute atomic E-state index is 0.00841. The summed E-state index contributed by atoms with van der Waals surface area (Å²) in [6.45, 7) is 0.596. The molecule has 1 aromatic carbocycles. The van der Waals surface area contributed by atoms with Crippen LogP contribution in [0.1, 0.15) is 6.42 Å². The third-order valence-electron chi connectivity index (χ3n) is 4.91. The number of fused-ring (bicyclic) bond motifs is 1. The summed E-state index contributed by atoms with van der Waals surface area (Å²) in [5, 5.41) is 2.58. The average Bonchev–Trinajstić information content (AvgIpc) is 3.11. The van der Waals surface area contributed by atoms with Gasteiger partial charge in [-0.05, 0) is 37.7 Å². The summed E-state index contributed by atoms with van der Waals surface area (Å²) in [6, 6.07) is 4.81. The first kappa shape index (κ1) is 24.0. The fraction of sp³-hybridized carbons (Fsp3) is 0.400. The first-order chi connectivity index (χ1) is 15.5. The number of hydrogen-bond acceptors (Lipinski definition) is 6. The molecule has 2 aromatic heterocycles. The molecule has 3 rings (SSSR count). The van der Waals surface area contributed by atoms with Crippen LogP contribution in [0.15, 0.2) is 40.2 Å². The highest BCUT2D eigenvalue weighted by atomic mass is 19.4. The Kier molecular flexibility index (Phi) is 6.91. The van der Waals surface area contributed by atoms with E-state index in [9.17, 15) is 27.6 Å². The maximum absolute atomic E-state index is 12.7. The van der Waals surface area contributed by atoms with E-state index in [0.29, 0.717) is 29.8 Å². The van der Waals surface area contributed by atoms with Crippen LogP contribution in [-0.2, 0) is 25.4 Å². The maximum Gasteiger partial charge on any atom is 0.573 e. The molecule has 0 aliphatic rings. The molecule has 0 spiro atoms. The molecule has 1 amide bonds. The number of nitrogens with zero attached hydrogens (tertiary/aromatic N) is 5. The largest absolute Gasteiger partial charge is 0.573 e. The van der Waals surface area contributed by atoms with Gasteiger partial charge < -0.3 is 14.6 Å². The summed E-state index contributed by atoms with van der Waals surface area (Å²) in [5.41, 5.74) is 0.0745. The molecule has 0 saturated heterocycles. The average molecular weight is 468 g/mol. The van der Waals surface area contributed by atoms with E-state index in [0.717, 1.165) is 16.7 Å². The second-order valence-corrected chi connectivity index (χ2v) is 7.54. The molecule has 0 saturated carbocycles. The van der Waals surface area contributed by atoms with E-state index in [1.165, 1.54) is 23.0 Å². The highest BCUT2D eigenvalue weighted by Gasteiger charge is 2.31. The molecule has 0 bridgehead atoms. The number of halogens is 3. The van der Waals surface area contributed by atoms with Gasteiger partial charge in [0.15, 0.2) is 11.2 Å². The predicted octanol–water partition coefficient (Wildman–Crippen LogP) is 1.29. The summed E-state index contributed by atoms with van der Waals surface area (Å²) >= 11 is 0. The van der Waals surface area contributed by atoms with Crippen LogP contribution in [0.4, 0.5) is 18.9 Å². The van der Waals surface area contributed by atoms with E-state index in [1.54, 1.807) is 30.6 Å². The number of aromatic nitrogens is 4. The van der Waals surface area contributed by atoms with Gasteiger partial charge in [0, 0.05) is 32.9 Å². The van der Waals surface area contributed by atoms with Crippen LogP contribution in [-0.4, -0.2) is 56.0 Å². The van der Waals surface area contributed by atoms with Crippen molar-refractivity contribution in [3.05, 3.63) is 51.4 Å². The van der Waals surface area contributed by atoms with Gasteiger partial charge in [-0.3, -0.25) is 23.6 Å². The fourth-order valence-electron chi connectivity index (χ4n) is 3.36. The topological polar surface area (TPSA) is 103 Å². The van der Waals surface area contributed by atoms with Crippen molar-refractivity contribution < 1.29 is 22.7 Å².